The van der Waals surface area contributed by atoms with E-state index in [4.69, 9.17) is 10.0 Å². The number of dihydropyridines is 1. The lowest BCUT2D eigenvalue weighted by Crippen LogP contribution is -2.29. The Bertz CT molecular complexity index is 952. The smallest absolute Gasteiger partial charge is 0.423 e. The number of nitrogens with zero attached hydrogens (tertiary/aromatic N) is 2. The van der Waals surface area contributed by atoms with Crippen LogP contribution in [-0.4, -0.2) is 52.2 Å². The van der Waals surface area contributed by atoms with Crippen molar-refractivity contribution in [2.45, 2.75) is 4.90 Å². The number of halogens is 4. The van der Waals surface area contributed by atoms with Crippen LogP contribution in [0, 0.1) is 0 Å². The number of aromatic amines is 1. The van der Waals surface area contributed by atoms with Crippen molar-refractivity contribution in [3.8, 4) is 0 Å². The minimum absolute atomic E-state index is 0.0179. The first kappa shape index (κ1) is 26.5. The molecule has 29 heavy (non-hydrogen) atoms. The number of carbonyl (C=O) groups is 1. The van der Waals surface area contributed by atoms with Gasteiger partial charge in [0.05, 0.1) is 24.1 Å². The van der Waals surface area contributed by atoms with E-state index in [0.29, 0.717) is 18.9 Å². The van der Waals surface area contributed by atoms with Gasteiger partial charge in [-0.2, -0.15) is 5.10 Å². The molecule has 7 nitrogen and oxygen atoms in total. The van der Waals surface area contributed by atoms with Crippen molar-refractivity contribution in [3.05, 3.63) is 58.7 Å². The lowest BCUT2D eigenvalue weighted by molar-refractivity contribution is -0.113. The summed E-state index contributed by atoms with van der Waals surface area (Å²) in [5.41, 5.74) is 0.298. The maximum Gasteiger partial charge on any atom is 0.488 e. The predicted octanol–water partition coefficient (Wildman–Crippen LogP) is 3.02. The number of hydrogen-bond acceptors (Lipinski definition) is 7. The molecule has 3 rings (SSSR count). The van der Waals surface area contributed by atoms with Crippen molar-refractivity contribution in [2.75, 3.05) is 12.8 Å². The first-order chi connectivity index (χ1) is 13.7. The molecule has 0 spiro atoms. The van der Waals surface area contributed by atoms with Gasteiger partial charge in [-0.05, 0) is 87.6 Å². The molecule has 0 bridgehead atoms. The van der Waals surface area contributed by atoms with Gasteiger partial charge in [0, 0.05) is 11.1 Å². The van der Waals surface area contributed by atoms with Gasteiger partial charge in [-0.3, -0.25) is 14.6 Å². The fraction of sp³-hybridized carbons (Fsp3) is 0.125. The zero-order chi connectivity index (χ0) is 22.0. The first-order valence-electron chi connectivity index (χ1n) is 7.64. The third kappa shape index (κ3) is 9.41. The van der Waals surface area contributed by atoms with Gasteiger partial charge in [-0.1, -0.05) is 12.1 Å². The van der Waals surface area contributed by atoms with E-state index < -0.39 is 7.12 Å². The summed E-state index contributed by atoms with van der Waals surface area (Å²) in [6.07, 6.45) is 5.10. The van der Waals surface area contributed by atoms with E-state index in [-0.39, 0.29) is 17.9 Å². The highest BCUT2D eigenvalue weighted by Crippen LogP contribution is 2.19. The quantitative estimate of drug-likeness (QED) is 0.334. The summed E-state index contributed by atoms with van der Waals surface area (Å²) in [6, 6.07) is 7.13. The minimum Gasteiger partial charge on any atom is -0.423 e. The van der Waals surface area contributed by atoms with Crippen LogP contribution in [0.25, 0.3) is 0 Å². The van der Waals surface area contributed by atoms with E-state index in [1.54, 1.807) is 30.1 Å². The molecule has 3 N–H and O–H groups in total. The molecule has 13 heteroatoms. The standard InChI is InChI=1S/C7H9BO2S.C5H3Br2NO.C4H2Br2N2O/c1-11-7-4-2-6(3-5-7)8(9)10;6-3-1-8-2-4(9)5(3)7;5-2-1-7-8-4(9)3(2)6/h2-5,9-10H,1H3;1H,2H2;1H,(H,8,9). The molecule has 0 unspecified atom stereocenters. The molecule has 0 radical (unpaired) electrons. The predicted molar refractivity (Wildman–Crippen MR) is 132 cm³/mol. The molecule has 0 aliphatic carbocycles. The molecule has 1 aliphatic rings. The van der Waals surface area contributed by atoms with Crippen LogP contribution in [0.4, 0.5) is 0 Å². The van der Waals surface area contributed by atoms with E-state index in [2.05, 4.69) is 78.9 Å². The average molecular weight is 675 g/mol. The third-order valence-electron chi connectivity index (χ3n) is 3.06. The Kier molecular flexibility index (Phi) is 12.5. The fourth-order valence-electron chi connectivity index (χ4n) is 1.61. The zero-order valence-electron chi connectivity index (χ0n) is 14.8. The Labute approximate surface area is 205 Å². The molecule has 0 saturated carbocycles. The SMILES string of the molecule is CSc1ccc(B(O)O)cc1.O=C1CN=CC(Br)=C1Br.O=c1[nH]ncc(Br)c1Br. The summed E-state index contributed by atoms with van der Waals surface area (Å²) in [6.45, 7) is 0.260. The third-order valence-corrected chi connectivity index (χ3v) is 7.73. The number of H-pyrrole nitrogens is 1. The molecular formula is C16H14BBr4N3O4S. The number of ketones is 1. The Morgan fingerprint density at radius 3 is 2.14 bits per heavy atom. The minimum atomic E-state index is -1.36. The van der Waals surface area contributed by atoms with Crippen molar-refractivity contribution in [3.63, 3.8) is 0 Å². The van der Waals surface area contributed by atoms with Crippen molar-refractivity contribution >= 4 is 100 Å². The second-order valence-electron chi connectivity index (χ2n) is 5.06. The Morgan fingerprint density at radius 2 is 1.72 bits per heavy atom. The van der Waals surface area contributed by atoms with Gasteiger partial charge < -0.3 is 10.0 Å². The summed E-state index contributed by atoms with van der Waals surface area (Å²) in [4.78, 5) is 26.3. The van der Waals surface area contributed by atoms with Crippen LogP contribution in [0.5, 0.6) is 0 Å². The summed E-state index contributed by atoms with van der Waals surface area (Å²) in [5, 5.41) is 23.3. The van der Waals surface area contributed by atoms with Crippen LogP contribution in [0.1, 0.15) is 0 Å². The molecule has 0 amide bonds. The van der Waals surface area contributed by atoms with Crippen LogP contribution in [0.3, 0.4) is 0 Å². The molecule has 0 fully saturated rings. The summed E-state index contributed by atoms with van der Waals surface area (Å²) < 4.78 is 2.43. The van der Waals surface area contributed by atoms with Crippen molar-refractivity contribution in [2.24, 2.45) is 4.99 Å². The van der Waals surface area contributed by atoms with E-state index in [9.17, 15) is 9.59 Å². The number of aliphatic imine (C=N–C) groups is 1. The number of carbonyl (C=O) groups excluding carboxylic acids is 1. The number of Topliss-reactive ketones (excluding diaryl/α,β-unsaturated/α-hetero) is 1. The topological polar surface area (TPSA) is 116 Å². The second kappa shape index (κ2) is 13.7. The van der Waals surface area contributed by atoms with E-state index in [0.717, 1.165) is 9.38 Å². The van der Waals surface area contributed by atoms with Gasteiger partial charge in [0.1, 0.15) is 6.54 Å². The van der Waals surface area contributed by atoms with Crippen LogP contribution in [0.15, 0.2) is 63.1 Å². The van der Waals surface area contributed by atoms with Gasteiger partial charge in [-0.25, -0.2) is 5.10 Å². The molecule has 0 saturated heterocycles. The number of allylic oxidation sites excluding steroid dienone is 1. The lowest BCUT2D eigenvalue weighted by atomic mass is 9.81. The molecule has 1 aromatic heterocycles. The molecule has 2 heterocycles. The van der Waals surface area contributed by atoms with E-state index in [1.165, 1.54) is 6.20 Å². The summed E-state index contributed by atoms with van der Waals surface area (Å²) in [7, 11) is -1.36. The average Bonchev–Trinajstić information content (AvgIpc) is 2.71. The largest absolute Gasteiger partial charge is 0.488 e. The number of rotatable bonds is 2. The summed E-state index contributed by atoms with van der Waals surface area (Å²) in [5.74, 6) is 0.0179. The zero-order valence-corrected chi connectivity index (χ0v) is 21.9. The van der Waals surface area contributed by atoms with Crippen LogP contribution < -0.4 is 11.0 Å². The van der Waals surface area contributed by atoms with E-state index >= 15 is 0 Å². The normalized spacial score (nSPS) is 12.6. The van der Waals surface area contributed by atoms with Crippen LogP contribution in [0.2, 0.25) is 0 Å². The van der Waals surface area contributed by atoms with E-state index in [1.807, 2.05) is 18.4 Å². The Morgan fingerprint density at radius 1 is 1.10 bits per heavy atom. The summed E-state index contributed by atoms with van der Waals surface area (Å²) >= 11 is 14.1. The highest BCUT2D eigenvalue weighted by molar-refractivity contribution is 9.14. The highest BCUT2D eigenvalue weighted by atomic mass is 79.9. The maximum absolute atomic E-state index is 10.8. The Balaban J connectivity index is 0.000000219. The van der Waals surface area contributed by atoms with Gasteiger partial charge in [0.15, 0.2) is 5.78 Å². The van der Waals surface area contributed by atoms with Gasteiger partial charge >= 0.3 is 7.12 Å². The number of hydrogen-bond donors (Lipinski definition) is 3. The number of nitrogens with one attached hydrogen (secondary N) is 1. The fourth-order valence-corrected chi connectivity index (χ4v) is 3.08. The molecule has 2 aromatic rings. The van der Waals surface area contributed by atoms with Gasteiger partial charge in [0.2, 0.25) is 0 Å². The lowest BCUT2D eigenvalue weighted by Gasteiger charge is -2.01. The highest BCUT2D eigenvalue weighted by Gasteiger charge is 2.12. The number of benzene rings is 1. The number of aromatic nitrogens is 2. The van der Waals surface area contributed by atoms with Crippen LogP contribution in [-0.2, 0) is 4.79 Å². The molecule has 0 atom stereocenters. The maximum atomic E-state index is 10.8. The van der Waals surface area contributed by atoms with Gasteiger partial charge in [0.25, 0.3) is 5.56 Å². The second-order valence-corrected chi connectivity index (χ2v) is 9.24. The molecular weight excluding hydrogens is 661 g/mol. The van der Waals surface area contributed by atoms with Crippen molar-refractivity contribution in [1.29, 1.82) is 0 Å². The Hall–Kier alpha value is -0.565. The molecule has 154 valence electrons. The van der Waals surface area contributed by atoms with Crippen molar-refractivity contribution in [1.82, 2.24) is 10.2 Å². The molecule has 1 aromatic carbocycles. The van der Waals surface area contributed by atoms with Gasteiger partial charge in [-0.15, -0.1) is 11.8 Å². The first-order valence-corrected chi connectivity index (χ1v) is 12.0. The number of thioether (sulfide) groups is 1. The monoisotopic (exact) mass is 671 g/mol. The molecule has 1 aliphatic heterocycles. The van der Waals surface area contributed by atoms with Crippen LogP contribution >= 0.6 is 75.5 Å². The van der Waals surface area contributed by atoms with Crippen molar-refractivity contribution < 1.29 is 14.8 Å².